The van der Waals surface area contributed by atoms with Crippen molar-refractivity contribution in [1.82, 2.24) is 19.9 Å². The van der Waals surface area contributed by atoms with E-state index in [1.165, 1.54) is 6.07 Å². The monoisotopic (exact) mass is 355 g/mol. The number of aryl methyl sites for hydroxylation is 1. The fourth-order valence-electron chi connectivity index (χ4n) is 3.52. The molecule has 0 aliphatic carbocycles. The van der Waals surface area contributed by atoms with Crippen LogP contribution in [0.2, 0.25) is 0 Å². The summed E-state index contributed by atoms with van der Waals surface area (Å²) in [5.41, 5.74) is 4.00. The summed E-state index contributed by atoms with van der Waals surface area (Å²) in [7, 11) is 1.83. The molecule has 3 heterocycles. The molecule has 136 valence electrons. The normalized spacial score (nSPS) is 18.3. The molecule has 7 heteroatoms. The highest BCUT2D eigenvalue weighted by molar-refractivity contribution is 5.84. The molecule has 4 rings (SSSR count). The number of hydrogen-bond acceptors (Lipinski definition) is 5. The molecular formula is C19H22FN5O. The molecule has 2 aromatic heterocycles. The lowest BCUT2D eigenvalue weighted by Crippen LogP contribution is -2.38. The number of ether oxygens (including phenoxy) is 1. The van der Waals surface area contributed by atoms with Gasteiger partial charge >= 0.3 is 0 Å². The number of fused-ring (bicyclic) bond motifs is 1. The van der Waals surface area contributed by atoms with E-state index in [0.29, 0.717) is 6.61 Å². The van der Waals surface area contributed by atoms with Crippen LogP contribution in [0, 0.1) is 12.7 Å². The van der Waals surface area contributed by atoms with Crippen molar-refractivity contribution < 1.29 is 9.13 Å². The summed E-state index contributed by atoms with van der Waals surface area (Å²) in [6, 6.07) is 4.87. The second-order valence-corrected chi connectivity index (χ2v) is 6.55. The fraction of sp³-hybridized carbons (Fsp3) is 0.368. The molecule has 1 aromatic carbocycles. The Morgan fingerprint density at radius 1 is 1.35 bits per heavy atom. The molecule has 1 fully saturated rings. The zero-order valence-corrected chi connectivity index (χ0v) is 14.9. The molecule has 1 saturated heterocycles. The highest BCUT2D eigenvalue weighted by atomic mass is 19.1. The van der Waals surface area contributed by atoms with Gasteiger partial charge in [0.1, 0.15) is 23.4 Å². The SMILES string of the molecule is CNc1nccnc1C1CN(Cc2[nH]c3ccc(F)cc3c2C)CCO1. The Kier molecular flexibility index (Phi) is 4.57. The molecule has 26 heavy (non-hydrogen) atoms. The number of nitrogens with zero attached hydrogens (tertiary/aromatic N) is 3. The van der Waals surface area contributed by atoms with E-state index >= 15 is 0 Å². The van der Waals surface area contributed by atoms with Crippen LogP contribution in [0.1, 0.15) is 23.1 Å². The molecule has 0 spiro atoms. The molecule has 1 aliphatic rings. The van der Waals surface area contributed by atoms with E-state index in [9.17, 15) is 4.39 Å². The van der Waals surface area contributed by atoms with Crippen LogP contribution in [0.15, 0.2) is 30.6 Å². The van der Waals surface area contributed by atoms with Gasteiger partial charge in [0.25, 0.3) is 0 Å². The Morgan fingerprint density at radius 2 is 2.19 bits per heavy atom. The third-order valence-corrected chi connectivity index (χ3v) is 4.92. The Labute approximate surface area is 151 Å². The molecule has 0 amide bonds. The van der Waals surface area contributed by atoms with Crippen LogP contribution >= 0.6 is 0 Å². The molecule has 0 saturated carbocycles. The maximum absolute atomic E-state index is 13.5. The minimum Gasteiger partial charge on any atom is -0.372 e. The van der Waals surface area contributed by atoms with Crippen molar-refractivity contribution in [3.8, 4) is 0 Å². The first-order valence-corrected chi connectivity index (χ1v) is 8.75. The van der Waals surface area contributed by atoms with Gasteiger partial charge in [-0.25, -0.2) is 9.37 Å². The lowest BCUT2D eigenvalue weighted by Gasteiger charge is -2.32. The van der Waals surface area contributed by atoms with Crippen molar-refractivity contribution in [2.24, 2.45) is 0 Å². The lowest BCUT2D eigenvalue weighted by molar-refractivity contribution is -0.0351. The molecule has 1 atom stereocenters. The molecule has 0 bridgehead atoms. The van der Waals surface area contributed by atoms with Crippen LogP contribution < -0.4 is 5.32 Å². The van der Waals surface area contributed by atoms with Gasteiger partial charge in [-0.3, -0.25) is 9.88 Å². The Hall–Kier alpha value is -2.51. The number of aromatic nitrogens is 3. The van der Waals surface area contributed by atoms with E-state index in [1.807, 2.05) is 14.0 Å². The highest BCUT2D eigenvalue weighted by Gasteiger charge is 2.26. The summed E-state index contributed by atoms with van der Waals surface area (Å²) in [6.07, 6.45) is 3.24. The van der Waals surface area contributed by atoms with Crippen LogP contribution in [0.3, 0.4) is 0 Å². The number of halogens is 1. The fourth-order valence-corrected chi connectivity index (χ4v) is 3.52. The molecule has 0 radical (unpaired) electrons. The van der Waals surface area contributed by atoms with Crippen molar-refractivity contribution >= 4 is 16.7 Å². The number of rotatable bonds is 4. The smallest absolute Gasteiger partial charge is 0.150 e. The number of anilines is 1. The highest BCUT2D eigenvalue weighted by Crippen LogP contribution is 2.28. The maximum Gasteiger partial charge on any atom is 0.150 e. The quantitative estimate of drug-likeness (QED) is 0.753. The molecule has 1 aliphatic heterocycles. The summed E-state index contributed by atoms with van der Waals surface area (Å²) in [4.78, 5) is 14.5. The van der Waals surface area contributed by atoms with Gasteiger partial charge in [0.2, 0.25) is 0 Å². The maximum atomic E-state index is 13.5. The van der Waals surface area contributed by atoms with Gasteiger partial charge in [-0.15, -0.1) is 0 Å². The van der Waals surface area contributed by atoms with E-state index in [2.05, 4.69) is 25.2 Å². The summed E-state index contributed by atoms with van der Waals surface area (Å²) >= 11 is 0. The predicted molar refractivity (Wildman–Crippen MR) is 98.5 cm³/mol. The van der Waals surface area contributed by atoms with E-state index in [0.717, 1.165) is 53.3 Å². The van der Waals surface area contributed by atoms with Crippen molar-refractivity contribution in [3.05, 3.63) is 53.4 Å². The largest absolute Gasteiger partial charge is 0.372 e. The first-order chi connectivity index (χ1) is 12.7. The van der Waals surface area contributed by atoms with Crippen LogP contribution in [0.5, 0.6) is 0 Å². The van der Waals surface area contributed by atoms with Crippen molar-refractivity contribution in [2.45, 2.75) is 19.6 Å². The number of morpholine rings is 1. The Balaban J connectivity index is 1.55. The summed E-state index contributed by atoms with van der Waals surface area (Å²) in [6.45, 7) is 5.01. The summed E-state index contributed by atoms with van der Waals surface area (Å²) < 4.78 is 19.5. The van der Waals surface area contributed by atoms with Gasteiger partial charge in [0, 0.05) is 55.7 Å². The van der Waals surface area contributed by atoms with Crippen LogP contribution in [-0.4, -0.2) is 46.6 Å². The third kappa shape index (κ3) is 3.15. The van der Waals surface area contributed by atoms with Crippen molar-refractivity contribution in [1.29, 1.82) is 0 Å². The molecule has 2 N–H and O–H groups in total. The first kappa shape index (κ1) is 16.9. The van der Waals surface area contributed by atoms with E-state index in [1.54, 1.807) is 24.5 Å². The number of nitrogens with one attached hydrogen (secondary N) is 2. The van der Waals surface area contributed by atoms with Crippen LogP contribution in [0.25, 0.3) is 10.9 Å². The second kappa shape index (κ2) is 7.01. The number of hydrogen-bond donors (Lipinski definition) is 2. The molecule has 6 nitrogen and oxygen atoms in total. The summed E-state index contributed by atoms with van der Waals surface area (Å²) in [5, 5.41) is 4.02. The minimum atomic E-state index is -0.208. The van der Waals surface area contributed by atoms with E-state index < -0.39 is 0 Å². The number of aromatic amines is 1. The second-order valence-electron chi connectivity index (χ2n) is 6.55. The standard InChI is InChI=1S/C19H22FN5O/c1-12-14-9-13(20)3-4-15(14)24-16(12)10-25-7-8-26-17(11-25)18-19(21-2)23-6-5-22-18/h3-6,9,17,24H,7-8,10-11H2,1-2H3,(H,21,23). The average molecular weight is 355 g/mol. The van der Waals surface area contributed by atoms with E-state index in [4.69, 9.17) is 4.74 Å². The third-order valence-electron chi connectivity index (χ3n) is 4.92. The van der Waals surface area contributed by atoms with Gasteiger partial charge in [-0.05, 0) is 30.7 Å². The van der Waals surface area contributed by atoms with E-state index in [-0.39, 0.29) is 11.9 Å². The van der Waals surface area contributed by atoms with Crippen molar-refractivity contribution in [3.63, 3.8) is 0 Å². The average Bonchev–Trinajstić information content (AvgIpc) is 2.97. The number of benzene rings is 1. The molecule has 1 unspecified atom stereocenters. The van der Waals surface area contributed by atoms with Crippen LogP contribution in [0.4, 0.5) is 10.2 Å². The summed E-state index contributed by atoms with van der Waals surface area (Å²) in [5.74, 6) is 0.538. The van der Waals surface area contributed by atoms with Crippen LogP contribution in [-0.2, 0) is 11.3 Å². The zero-order valence-electron chi connectivity index (χ0n) is 14.9. The minimum absolute atomic E-state index is 0.123. The predicted octanol–water partition coefficient (Wildman–Crippen LogP) is 3.02. The van der Waals surface area contributed by atoms with Gasteiger partial charge in [0.05, 0.1) is 6.61 Å². The van der Waals surface area contributed by atoms with Gasteiger partial charge < -0.3 is 15.0 Å². The first-order valence-electron chi connectivity index (χ1n) is 8.75. The van der Waals surface area contributed by atoms with Gasteiger partial charge in [-0.2, -0.15) is 0 Å². The lowest BCUT2D eigenvalue weighted by atomic mass is 10.1. The number of H-pyrrole nitrogens is 1. The Bertz CT molecular complexity index is 925. The zero-order chi connectivity index (χ0) is 18.1. The van der Waals surface area contributed by atoms with Gasteiger partial charge in [0.15, 0.2) is 0 Å². The molecular weight excluding hydrogens is 333 g/mol. The topological polar surface area (TPSA) is 66.1 Å². The van der Waals surface area contributed by atoms with Gasteiger partial charge in [-0.1, -0.05) is 0 Å². The molecule has 3 aromatic rings. The van der Waals surface area contributed by atoms with Crippen molar-refractivity contribution in [2.75, 3.05) is 32.1 Å². The Morgan fingerprint density at radius 3 is 3.04 bits per heavy atom.